The lowest BCUT2D eigenvalue weighted by atomic mass is 10.2. The molecule has 0 aliphatic rings. The zero-order chi connectivity index (χ0) is 17.9. The smallest absolute Gasteiger partial charge is 0.191 e. The Balaban J connectivity index is 1.79. The van der Waals surface area contributed by atoms with Crippen LogP contribution in [0.1, 0.15) is 12.5 Å². The highest BCUT2D eigenvalue weighted by Crippen LogP contribution is 2.17. The normalized spacial score (nSPS) is 11.1. The van der Waals surface area contributed by atoms with Crippen molar-refractivity contribution in [1.29, 1.82) is 0 Å². The summed E-state index contributed by atoms with van der Waals surface area (Å²) in [6.45, 7) is 5.02. The first-order chi connectivity index (χ1) is 12.2. The number of anilines is 1. The van der Waals surface area contributed by atoms with Crippen LogP contribution in [-0.2, 0) is 6.54 Å². The van der Waals surface area contributed by atoms with Crippen LogP contribution in [0.5, 0.6) is 5.75 Å². The third-order valence-electron chi connectivity index (χ3n) is 3.88. The van der Waals surface area contributed by atoms with Crippen molar-refractivity contribution in [3.8, 4) is 5.75 Å². The molecule has 0 spiro atoms. The van der Waals surface area contributed by atoms with E-state index in [-0.39, 0.29) is 0 Å². The summed E-state index contributed by atoms with van der Waals surface area (Å²) in [6, 6.07) is 18.4. The molecule has 0 saturated heterocycles. The second-order valence-electron chi connectivity index (χ2n) is 5.65. The number of guanidine groups is 1. The topological polar surface area (TPSA) is 48.9 Å². The highest BCUT2D eigenvalue weighted by Gasteiger charge is 2.05. The van der Waals surface area contributed by atoms with E-state index in [9.17, 15) is 0 Å². The van der Waals surface area contributed by atoms with Gasteiger partial charge in [0.05, 0.1) is 6.61 Å². The van der Waals surface area contributed by atoms with Gasteiger partial charge in [0.2, 0.25) is 0 Å². The summed E-state index contributed by atoms with van der Waals surface area (Å²) in [5.74, 6) is 1.70. The van der Waals surface area contributed by atoms with Crippen molar-refractivity contribution in [3.05, 3.63) is 60.2 Å². The molecule has 0 heterocycles. The summed E-state index contributed by atoms with van der Waals surface area (Å²) in [6.07, 6.45) is 0. The van der Waals surface area contributed by atoms with Crippen LogP contribution in [0.25, 0.3) is 0 Å². The fraction of sp³-hybridized carbons (Fsp3) is 0.350. The van der Waals surface area contributed by atoms with Gasteiger partial charge >= 0.3 is 0 Å². The Hall–Kier alpha value is -2.69. The number of hydrogen-bond donors (Lipinski definition) is 2. The molecule has 2 rings (SSSR count). The lowest BCUT2D eigenvalue weighted by molar-refractivity contribution is 0.336. The largest absolute Gasteiger partial charge is 0.494 e. The first kappa shape index (κ1) is 18.6. The van der Waals surface area contributed by atoms with E-state index in [1.165, 1.54) is 5.69 Å². The summed E-state index contributed by atoms with van der Waals surface area (Å²) in [4.78, 5) is 6.50. The molecular formula is C20H28N4O. The molecule has 0 aliphatic heterocycles. The monoisotopic (exact) mass is 340 g/mol. The van der Waals surface area contributed by atoms with Gasteiger partial charge in [-0.15, -0.1) is 0 Å². The van der Waals surface area contributed by atoms with Crippen molar-refractivity contribution < 1.29 is 4.74 Å². The summed E-state index contributed by atoms with van der Waals surface area (Å²) >= 11 is 0. The van der Waals surface area contributed by atoms with E-state index in [1.807, 2.05) is 31.2 Å². The van der Waals surface area contributed by atoms with E-state index in [0.717, 1.165) is 30.4 Å². The molecule has 0 bridgehead atoms. The predicted molar refractivity (Wildman–Crippen MR) is 106 cm³/mol. The van der Waals surface area contributed by atoms with Crippen LogP contribution >= 0.6 is 0 Å². The fourth-order valence-electron chi connectivity index (χ4n) is 2.50. The minimum atomic E-state index is 0.663. The highest BCUT2D eigenvalue weighted by atomic mass is 16.5. The number of nitrogens with zero attached hydrogens (tertiary/aromatic N) is 2. The van der Waals surface area contributed by atoms with E-state index in [4.69, 9.17) is 4.74 Å². The summed E-state index contributed by atoms with van der Waals surface area (Å²) in [7, 11) is 3.87. The molecule has 0 amide bonds. The Morgan fingerprint density at radius 1 is 1.04 bits per heavy atom. The second kappa shape index (κ2) is 10.2. The van der Waals surface area contributed by atoms with Crippen molar-refractivity contribution in [2.75, 3.05) is 38.7 Å². The lowest BCUT2D eigenvalue weighted by Gasteiger charge is -2.20. The number of likely N-dealkylation sites (N-methyl/N-ethyl adjacent to an activating group) is 1. The van der Waals surface area contributed by atoms with E-state index in [0.29, 0.717) is 13.2 Å². The molecule has 0 fully saturated rings. The van der Waals surface area contributed by atoms with Crippen LogP contribution < -0.4 is 20.3 Å². The van der Waals surface area contributed by atoms with E-state index >= 15 is 0 Å². The number of rotatable bonds is 8. The standard InChI is InChI=1S/C20H28N4O/c1-4-25-19-13-9-8-10-17(19)16-23-20(21-2)22-14-15-24(3)18-11-6-5-7-12-18/h5-13H,4,14-16H2,1-3H3,(H2,21,22,23). The maximum atomic E-state index is 5.66. The lowest BCUT2D eigenvalue weighted by Crippen LogP contribution is -2.40. The van der Waals surface area contributed by atoms with Crippen LogP contribution in [-0.4, -0.2) is 39.8 Å². The van der Waals surface area contributed by atoms with Gasteiger partial charge in [0.25, 0.3) is 0 Å². The molecule has 2 aromatic rings. The number of hydrogen-bond acceptors (Lipinski definition) is 3. The minimum absolute atomic E-state index is 0.663. The molecule has 0 atom stereocenters. The Kier molecular flexibility index (Phi) is 7.63. The molecule has 5 heteroatoms. The number of nitrogens with one attached hydrogen (secondary N) is 2. The third kappa shape index (κ3) is 6.03. The van der Waals surface area contributed by atoms with Gasteiger partial charge in [-0.2, -0.15) is 0 Å². The Morgan fingerprint density at radius 3 is 2.48 bits per heavy atom. The molecule has 2 N–H and O–H groups in total. The summed E-state index contributed by atoms with van der Waals surface area (Å²) in [5, 5.41) is 6.69. The first-order valence-corrected chi connectivity index (χ1v) is 8.66. The first-order valence-electron chi connectivity index (χ1n) is 8.66. The van der Waals surface area contributed by atoms with Crippen LogP contribution in [0, 0.1) is 0 Å². The predicted octanol–water partition coefficient (Wildman–Crippen LogP) is 2.89. The van der Waals surface area contributed by atoms with Crippen LogP contribution in [0.15, 0.2) is 59.6 Å². The molecule has 25 heavy (non-hydrogen) atoms. The van der Waals surface area contributed by atoms with Gasteiger partial charge in [-0.25, -0.2) is 0 Å². The number of ether oxygens (including phenoxy) is 1. The molecule has 0 radical (unpaired) electrons. The van der Waals surface area contributed by atoms with E-state index in [1.54, 1.807) is 7.05 Å². The van der Waals surface area contributed by atoms with Gasteiger partial charge in [-0.05, 0) is 25.1 Å². The van der Waals surface area contributed by atoms with Gasteiger partial charge in [0.15, 0.2) is 5.96 Å². The zero-order valence-electron chi connectivity index (χ0n) is 15.3. The number of benzene rings is 2. The van der Waals surface area contributed by atoms with E-state index in [2.05, 4.69) is 57.9 Å². The summed E-state index contributed by atoms with van der Waals surface area (Å²) in [5.41, 5.74) is 2.33. The minimum Gasteiger partial charge on any atom is -0.494 e. The summed E-state index contributed by atoms with van der Waals surface area (Å²) < 4.78 is 5.66. The van der Waals surface area contributed by atoms with Crippen molar-refractivity contribution in [2.24, 2.45) is 4.99 Å². The quantitative estimate of drug-likeness (QED) is 0.573. The van der Waals surface area contributed by atoms with Crippen LogP contribution in [0.3, 0.4) is 0 Å². The van der Waals surface area contributed by atoms with Crippen LogP contribution in [0.4, 0.5) is 5.69 Å². The molecule has 134 valence electrons. The Labute approximate surface area is 150 Å². The molecule has 0 unspecified atom stereocenters. The van der Waals surface area contributed by atoms with Gasteiger partial charge < -0.3 is 20.3 Å². The van der Waals surface area contributed by atoms with Gasteiger partial charge in [-0.3, -0.25) is 4.99 Å². The Morgan fingerprint density at radius 2 is 1.76 bits per heavy atom. The molecule has 2 aromatic carbocycles. The van der Waals surface area contributed by atoms with Crippen molar-refractivity contribution in [2.45, 2.75) is 13.5 Å². The van der Waals surface area contributed by atoms with Gasteiger partial charge in [0.1, 0.15) is 5.75 Å². The SMILES string of the molecule is CCOc1ccccc1CNC(=NC)NCCN(C)c1ccccc1. The van der Waals surface area contributed by atoms with E-state index < -0.39 is 0 Å². The molecule has 0 aromatic heterocycles. The zero-order valence-corrected chi connectivity index (χ0v) is 15.3. The fourth-order valence-corrected chi connectivity index (χ4v) is 2.50. The Bertz CT molecular complexity index is 658. The molecule has 0 saturated carbocycles. The van der Waals surface area contributed by atoms with Crippen molar-refractivity contribution >= 4 is 11.6 Å². The highest BCUT2D eigenvalue weighted by molar-refractivity contribution is 5.79. The van der Waals surface area contributed by atoms with Crippen LogP contribution in [0.2, 0.25) is 0 Å². The van der Waals surface area contributed by atoms with Crippen molar-refractivity contribution in [3.63, 3.8) is 0 Å². The average molecular weight is 340 g/mol. The maximum Gasteiger partial charge on any atom is 0.191 e. The second-order valence-corrected chi connectivity index (χ2v) is 5.65. The maximum absolute atomic E-state index is 5.66. The number of aliphatic imine (C=N–C) groups is 1. The molecular weight excluding hydrogens is 312 g/mol. The van der Waals surface area contributed by atoms with Crippen molar-refractivity contribution in [1.82, 2.24) is 10.6 Å². The molecule has 0 aliphatic carbocycles. The third-order valence-corrected chi connectivity index (χ3v) is 3.88. The average Bonchev–Trinajstić information content (AvgIpc) is 2.66. The number of para-hydroxylation sites is 2. The van der Waals surface area contributed by atoms with Gasteiger partial charge in [0, 0.05) is 45.0 Å². The van der Waals surface area contributed by atoms with Gasteiger partial charge in [-0.1, -0.05) is 36.4 Å². The molecule has 5 nitrogen and oxygen atoms in total.